The topological polar surface area (TPSA) is 12.9 Å². The van der Waals surface area contributed by atoms with Crippen molar-refractivity contribution in [1.82, 2.24) is 9.47 Å². The summed E-state index contributed by atoms with van der Waals surface area (Å²) in [6.07, 6.45) is 3.70. The van der Waals surface area contributed by atoms with Gasteiger partial charge in [-0.25, -0.2) is 0 Å². The molecule has 1 aromatic carbocycles. The van der Waals surface area contributed by atoms with Gasteiger partial charge < -0.3 is 12.4 Å². The summed E-state index contributed by atoms with van der Waals surface area (Å²) >= 11 is 0. The summed E-state index contributed by atoms with van der Waals surface area (Å²) in [5.41, 5.74) is 2.63. The Morgan fingerprint density at radius 2 is 1.53 bits per heavy atom. The number of nitrogens with zero attached hydrogens (tertiary/aromatic N) is 2. The fourth-order valence-corrected chi connectivity index (χ4v) is 1.88. The molecule has 0 atom stereocenters. The van der Waals surface area contributed by atoms with Crippen LogP contribution in [0.4, 0.5) is 5.69 Å². The molecular formula is C14H17ClN2. The minimum Gasteiger partial charge on any atom is -1.00 e. The zero-order valence-electron chi connectivity index (χ0n) is 10.2. The van der Waals surface area contributed by atoms with Crippen molar-refractivity contribution in [2.24, 2.45) is 0 Å². The maximum absolute atomic E-state index is 4.06. The van der Waals surface area contributed by atoms with Gasteiger partial charge in [-0.2, -0.15) is 0 Å². The molecule has 0 aliphatic carbocycles. The largest absolute Gasteiger partial charge is 1.00 e. The third-order valence-corrected chi connectivity index (χ3v) is 2.78. The molecule has 0 N–H and O–H groups in total. The first-order valence-corrected chi connectivity index (χ1v) is 5.46. The Kier molecular flexibility index (Phi) is 4.67. The normalized spacial score (nSPS) is 10.7. The summed E-state index contributed by atoms with van der Waals surface area (Å²) in [7, 11) is 4.42. The number of benzene rings is 1. The Morgan fingerprint density at radius 3 is 2.12 bits per heavy atom. The van der Waals surface area contributed by atoms with Crippen molar-refractivity contribution < 1.29 is 12.4 Å². The molecule has 90 valence electrons. The monoisotopic (exact) mass is 248 g/mol. The van der Waals surface area contributed by atoms with Gasteiger partial charge in [0.05, 0.1) is 14.1 Å². The molecule has 0 fully saturated rings. The van der Waals surface area contributed by atoms with E-state index in [1.165, 1.54) is 11.3 Å². The molecule has 0 amide bonds. The molecule has 0 saturated carbocycles. The van der Waals surface area contributed by atoms with E-state index in [0.717, 1.165) is 11.0 Å². The molecule has 0 spiro atoms. The number of hydrogen-bond acceptors (Lipinski definition) is 1. The lowest BCUT2D eigenvalue weighted by Gasteiger charge is -2.29. The van der Waals surface area contributed by atoms with E-state index in [-0.39, 0.29) is 12.4 Å². The van der Waals surface area contributed by atoms with Gasteiger partial charge in [0.15, 0.2) is 0 Å². The fourth-order valence-electron chi connectivity index (χ4n) is 1.88. The first-order chi connectivity index (χ1) is 7.68. The second-order valence-corrected chi connectivity index (χ2v) is 4.53. The van der Waals surface area contributed by atoms with Gasteiger partial charge in [0, 0.05) is 30.1 Å². The van der Waals surface area contributed by atoms with Crippen LogP contribution in [-0.4, -0.2) is 19.1 Å². The molecule has 1 heterocycles. The second kappa shape index (κ2) is 5.80. The number of rotatable bonds is 3. The number of aromatic nitrogens is 1. The van der Waals surface area contributed by atoms with Crippen molar-refractivity contribution in [1.29, 1.82) is 0 Å². The predicted octanol–water partition coefficient (Wildman–Crippen LogP) is -0.147. The van der Waals surface area contributed by atoms with Crippen molar-refractivity contribution in [3.8, 4) is 0 Å². The van der Waals surface area contributed by atoms with E-state index in [1.54, 1.807) is 0 Å². The molecule has 2 rings (SSSR count). The Hall–Kier alpha value is -1.38. The molecule has 2 aromatic rings. The summed E-state index contributed by atoms with van der Waals surface area (Å²) in [6.45, 7) is 0.991. The smallest absolute Gasteiger partial charge is 0.135 e. The van der Waals surface area contributed by atoms with E-state index in [0.29, 0.717) is 0 Å². The lowest BCUT2D eigenvalue weighted by molar-refractivity contribution is -0.00000357. The van der Waals surface area contributed by atoms with Crippen LogP contribution in [0.15, 0.2) is 54.9 Å². The molecule has 0 aliphatic heterocycles. The van der Waals surface area contributed by atoms with Crippen molar-refractivity contribution in [3.63, 3.8) is 0 Å². The van der Waals surface area contributed by atoms with Crippen molar-refractivity contribution >= 4 is 5.69 Å². The average molecular weight is 249 g/mol. The number of quaternary nitrogens is 1. The zero-order valence-corrected chi connectivity index (χ0v) is 10.9. The van der Waals surface area contributed by atoms with Crippen molar-refractivity contribution in [2.45, 2.75) is 6.54 Å². The SMILES string of the molecule is C[N+](C)(Cc1ccccc1)c1ccncc1.[Cl-]. The first kappa shape index (κ1) is 13.7. The number of halogens is 1. The van der Waals surface area contributed by atoms with Crippen LogP contribution in [0.1, 0.15) is 5.56 Å². The molecule has 17 heavy (non-hydrogen) atoms. The van der Waals surface area contributed by atoms with Crippen molar-refractivity contribution in [3.05, 3.63) is 60.4 Å². The van der Waals surface area contributed by atoms with Crippen LogP contribution in [0.3, 0.4) is 0 Å². The van der Waals surface area contributed by atoms with Gasteiger partial charge in [-0.1, -0.05) is 30.3 Å². The maximum atomic E-state index is 4.06. The van der Waals surface area contributed by atoms with Gasteiger partial charge in [-0.3, -0.25) is 9.47 Å². The third-order valence-electron chi connectivity index (χ3n) is 2.78. The van der Waals surface area contributed by atoms with E-state index in [2.05, 4.69) is 61.5 Å². The molecule has 3 heteroatoms. The molecule has 0 radical (unpaired) electrons. The number of pyridine rings is 1. The highest BCUT2D eigenvalue weighted by Gasteiger charge is 2.18. The van der Waals surface area contributed by atoms with E-state index < -0.39 is 0 Å². The molecular weight excluding hydrogens is 232 g/mol. The Labute approximate surface area is 109 Å². The van der Waals surface area contributed by atoms with Crippen LogP contribution in [0.5, 0.6) is 0 Å². The lowest BCUT2D eigenvalue weighted by Crippen LogP contribution is -3.00. The summed E-state index contributed by atoms with van der Waals surface area (Å²) in [5.74, 6) is 0. The zero-order chi connectivity index (χ0) is 11.4. The lowest BCUT2D eigenvalue weighted by atomic mass is 10.2. The highest BCUT2D eigenvalue weighted by atomic mass is 35.5. The Bertz CT molecular complexity index is 440. The first-order valence-electron chi connectivity index (χ1n) is 5.46. The Balaban J connectivity index is 0.00000144. The van der Waals surface area contributed by atoms with Gasteiger partial charge in [-0.05, 0) is 0 Å². The van der Waals surface area contributed by atoms with E-state index in [1.807, 2.05) is 12.4 Å². The van der Waals surface area contributed by atoms with Gasteiger partial charge in [0.25, 0.3) is 0 Å². The van der Waals surface area contributed by atoms with Gasteiger partial charge >= 0.3 is 0 Å². The molecule has 0 saturated heterocycles. The second-order valence-electron chi connectivity index (χ2n) is 4.53. The van der Waals surface area contributed by atoms with Crippen LogP contribution >= 0.6 is 0 Å². The molecule has 2 nitrogen and oxygen atoms in total. The Morgan fingerprint density at radius 1 is 0.941 bits per heavy atom. The average Bonchev–Trinajstić information content (AvgIpc) is 2.31. The highest BCUT2D eigenvalue weighted by Crippen LogP contribution is 2.20. The van der Waals surface area contributed by atoms with Gasteiger partial charge in [0.2, 0.25) is 0 Å². The van der Waals surface area contributed by atoms with E-state index in [4.69, 9.17) is 0 Å². The molecule has 1 aromatic heterocycles. The quantitative estimate of drug-likeness (QED) is 0.689. The predicted molar refractivity (Wildman–Crippen MR) is 68.0 cm³/mol. The van der Waals surface area contributed by atoms with E-state index in [9.17, 15) is 0 Å². The fraction of sp³-hybridized carbons (Fsp3) is 0.214. The minimum atomic E-state index is 0. The molecule has 0 aliphatic rings. The van der Waals surface area contributed by atoms with E-state index >= 15 is 0 Å². The summed E-state index contributed by atoms with van der Waals surface area (Å²) in [4.78, 5) is 4.06. The standard InChI is InChI=1S/C14H17N2.ClH/c1-16(2,14-8-10-15-11-9-14)12-13-6-4-3-5-7-13;/h3-11H,12H2,1-2H3;1H/q+1;/p-1. The minimum absolute atomic E-state index is 0. The van der Waals surface area contributed by atoms with Gasteiger partial charge in [-0.15, -0.1) is 0 Å². The summed E-state index contributed by atoms with van der Waals surface area (Å²) in [5, 5.41) is 0. The van der Waals surface area contributed by atoms with Gasteiger partial charge in [0.1, 0.15) is 12.2 Å². The van der Waals surface area contributed by atoms with Crippen LogP contribution in [0.2, 0.25) is 0 Å². The highest BCUT2D eigenvalue weighted by molar-refractivity contribution is 5.40. The summed E-state index contributed by atoms with van der Waals surface area (Å²) in [6, 6.07) is 14.7. The van der Waals surface area contributed by atoms with Crippen LogP contribution in [0.25, 0.3) is 0 Å². The summed E-state index contributed by atoms with van der Waals surface area (Å²) < 4.78 is 0.840. The third kappa shape index (κ3) is 3.55. The maximum Gasteiger partial charge on any atom is 0.135 e. The van der Waals surface area contributed by atoms with Crippen LogP contribution in [0, 0.1) is 0 Å². The molecule has 0 unspecified atom stereocenters. The van der Waals surface area contributed by atoms with Crippen LogP contribution in [-0.2, 0) is 6.54 Å². The van der Waals surface area contributed by atoms with Crippen LogP contribution < -0.4 is 16.9 Å². The van der Waals surface area contributed by atoms with Crippen molar-refractivity contribution in [2.75, 3.05) is 14.1 Å². The number of hydrogen-bond donors (Lipinski definition) is 0. The molecule has 0 bridgehead atoms.